The molecule has 0 radical (unpaired) electrons. The lowest BCUT2D eigenvalue weighted by Crippen LogP contribution is -2.49. The first-order valence-corrected chi connectivity index (χ1v) is 12.1. The molecule has 0 aromatic heterocycles. The predicted molar refractivity (Wildman–Crippen MR) is 137 cm³/mol. The molecular weight excluding hydrogens is 470 g/mol. The summed E-state index contributed by atoms with van der Waals surface area (Å²) >= 11 is 3.98. The fourth-order valence-corrected chi connectivity index (χ4v) is 3.48. The quantitative estimate of drug-likeness (QED) is 0.221. The van der Waals surface area contributed by atoms with Crippen molar-refractivity contribution in [3.63, 3.8) is 0 Å². The average Bonchev–Trinajstić information content (AvgIpc) is 3.32. The first-order chi connectivity index (χ1) is 16.7. The van der Waals surface area contributed by atoms with Crippen LogP contribution in [-0.4, -0.2) is 60.7 Å². The van der Waals surface area contributed by atoms with Crippen LogP contribution in [0.15, 0.2) is 59.5 Å². The van der Waals surface area contributed by atoms with E-state index < -0.39 is 23.2 Å². The summed E-state index contributed by atoms with van der Waals surface area (Å²) in [5.41, 5.74) is 1.15. The number of aliphatic hydroxyl groups is 1. The van der Waals surface area contributed by atoms with Crippen molar-refractivity contribution >= 4 is 24.4 Å². The van der Waals surface area contributed by atoms with Crippen LogP contribution < -0.4 is 10.6 Å². The minimum atomic E-state index is -0.702. The van der Waals surface area contributed by atoms with Crippen molar-refractivity contribution in [2.75, 3.05) is 26.3 Å². The number of thiol groups is 1. The van der Waals surface area contributed by atoms with Crippen LogP contribution in [0.1, 0.15) is 25.8 Å². The smallest absolute Gasteiger partial charge is 0.407 e. The first-order valence-electron chi connectivity index (χ1n) is 11.7. The molecule has 10 heteroatoms. The number of carbonyl (C=O) groups excluding carboxylic acids is 1. The molecule has 2 unspecified atom stereocenters. The van der Waals surface area contributed by atoms with Crippen LogP contribution in [0.2, 0.25) is 0 Å². The third-order valence-corrected chi connectivity index (χ3v) is 5.49. The lowest BCUT2D eigenvalue weighted by molar-refractivity contribution is -0.384. The fraction of sp³-hybridized carbons (Fsp3) is 0.480. The number of ether oxygens (including phenoxy) is 2. The van der Waals surface area contributed by atoms with Gasteiger partial charge in [-0.15, -0.1) is 12.6 Å². The van der Waals surface area contributed by atoms with Crippen LogP contribution in [-0.2, 0) is 15.9 Å². The number of carbonyl (C=O) groups is 1. The minimum absolute atomic E-state index is 0.0952. The lowest BCUT2D eigenvalue weighted by Gasteiger charge is -2.25. The molecule has 1 amide bonds. The summed E-state index contributed by atoms with van der Waals surface area (Å²) in [5.74, 6) is 0.500. The summed E-state index contributed by atoms with van der Waals surface area (Å²) < 4.78 is 10.6. The molecule has 0 bridgehead atoms. The number of nitrogens with zero attached hydrogens (tertiary/aromatic N) is 1. The summed E-state index contributed by atoms with van der Waals surface area (Å²) in [6, 6.07) is 15.4. The molecule has 1 aliphatic rings. The molecule has 1 fully saturated rings. The minimum Gasteiger partial charge on any atom is -0.444 e. The molecule has 35 heavy (non-hydrogen) atoms. The highest BCUT2D eigenvalue weighted by Crippen LogP contribution is 2.13. The van der Waals surface area contributed by atoms with Gasteiger partial charge in [0.1, 0.15) is 6.10 Å². The van der Waals surface area contributed by atoms with Crippen molar-refractivity contribution in [2.45, 2.75) is 49.8 Å². The van der Waals surface area contributed by atoms with Gasteiger partial charge in [-0.25, -0.2) is 4.79 Å². The van der Waals surface area contributed by atoms with Gasteiger partial charge in [-0.2, -0.15) is 0 Å². The van der Waals surface area contributed by atoms with Crippen molar-refractivity contribution in [1.82, 2.24) is 10.6 Å². The van der Waals surface area contributed by atoms with Gasteiger partial charge in [0.15, 0.2) is 0 Å². The van der Waals surface area contributed by atoms with Crippen LogP contribution in [0.25, 0.3) is 0 Å². The Balaban J connectivity index is 0.000000360. The zero-order chi connectivity index (χ0) is 25.6. The van der Waals surface area contributed by atoms with E-state index in [4.69, 9.17) is 9.47 Å². The number of hydrogen-bond donors (Lipinski definition) is 4. The second kappa shape index (κ2) is 15.4. The van der Waals surface area contributed by atoms with E-state index in [0.717, 1.165) is 23.4 Å². The summed E-state index contributed by atoms with van der Waals surface area (Å²) in [5, 5.41) is 26.7. The number of rotatable bonds is 10. The van der Waals surface area contributed by atoms with Gasteiger partial charge in [-0.05, 0) is 36.6 Å². The number of nitro benzene ring substituents is 1. The van der Waals surface area contributed by atoms with Gasteiger partial charge in [-0.1, -0.05) is 44.2 Å². The van der Waals surface area contributed by atoms with Gasteiger partial charge in [0, 0.05) is 30.0 Å². The number of nitrogens with one attached hydrogen (secondary N) is 2. The molecule has 2 aromatic carbocycles. The summed E-state index contributed by atoms with van der Waals surface area (Å²) in [7, 11) is 0. The molecule has 9 nitrogen and oxygen atoms in total. The van der Waals surface area contributed by atoms with Crippen LogP contribution in [0.5, 0.6) is 0 Å². The van der Waals surface area contributed by atoms with E-state index in [2.05, 4.69) is 37.1 Å². The number of amides is 1. The molecule has 3 N–H and O–H groups in total. The van der Waals surface area contributed by atoms with Gasteiger partial charge >= 0.3 is 6.09 Å². The van der Waals surface area contributed by atoms with Gasteiger partial charge < -0.3 is 25.2 Å². The molecule has 0 saturated carbocycles. The Bertz CT molecular complexity index is 892. The number of non-ortho nitro benzene ring substituents is 1. The number of nitro groups is 1. The zero-order valence-electron chi connectivity index (χ0n) is 20.1. The predicted octanol–water partition coefficient (Wildman–Crippen LogP) is 3.60. The molecule has 1 saturated heterocycles. The molecule has 0 aliphatic carbocycles. The SMILES string of the molecule is CC(C)CNCC(O)[C@H](Cc1ccccc1)NC(=O)OC1CCOC1.O=[N+]([O-])c1ccc(S)cc1. The Morgan fingerprint density at radius 3 is 2.46 bits per heavy atom. The van der Waals surface area contributed by atoms with Crippen LogP contribution in [0.4, 0.5) is 10.5 Å². The summed E-state index contributed by atoms with van der Waals surface area (Å²) in [6.07, 6.45) is -0.143. The topological polar surface area (TPSA) is 123 Å². The highest BCUT2D eigenvalue weighted by atomic mass is 32.1. The maximum absolute atomic E-state index is 12.2. The maximum Gasteiger partial charge on any atom is 0.407 e. The van der Waals surface area contributed by atoms with E-state index in [1.807, 2.05) is 30.3 Å². The third kappa shape index (κ3) is 11.5. The second-order valence-electron chi connectivity index (χ2n) is 8.72. The second-order valence-corrected chi connectivity index (χ2v) is 9.24. The first kappa shape index (κ1) is 28.6. The van der Waals surface area contributed by atoms with Gasteiger partial charge in [0.05, 0.1) is 30.3 Å². The van der Waals surface area contributed by atoms with Crippen LogP contribution >= 0.6 is 12.6 Å². The van der Waals surface area contributed by atoms with Crippen molar-refractivity contribution in [3.8, 4) is 0 Å². The van der Waals surface area contributed by atoms with Crippen LogP contribution in [0, 0.1) is 16.0 Å². The average molecular weight is 506 g/mol. The standard InChI is InChI=1S/C19H30N2O4.C6H5NO2S/c1-14(2)11-20-12-18(22)17(10-15-6-4-3-5-7-15)21-19(23)25-16-8-9-24-13-16;8-7(9)5-1-3-6(10)4-2-5/h3-7,14,16-18,20,22H,8-13H2,1-2H3,(H,21,23);1-4,10H/t16?,17-,18?;/m0./s1. The van der Waals surface area contributed by atoms with E-state index in [1.165, 1.54) is 12.1 Å². The Morgan fingerprint density at radius 2 is 1.89 bits per heavy atom. The van der Waals surface area contributed by atoms with Gasteiger partial charge in [-0.3, -0.25) is 10.1 Å². The normalized spacial score (nSPS) is 16.7. The molecule has 2 aromatic rings. The van der Waals surface area contributed by atoms with Gasteiger partial charge in [0.2, 0.25) is 0 Å². The highest BCUT2D eigenvalue weighted by Gasteiger charge is 2.25. The highest BCUT2D eigenvalue weighted by molar-refractivity contribution is 7.80. The van der Waals surface area contributed by atoms with E-state index >= 15 is 0 Å². The maximum atomic E-state index is 12.2. The molecule has 3 rings (SSSR count). The molecule has 1 aliphatic heterocycles. The molecule has 192 valence electrons. The van der Waals surface area contributed by atoms with Crippen LogP contribution in [0.3, 0.4) is 0 Å². The third-order valence-electron chi connectivity index (χ3n) is 5.19. The Hall–Kier alpha value is -2.66. The summed E-state index contributed by atoms with van der Waals surface area (Å²) in [6.45, 7) is 6.52. The Labute approximate surface area is 211 Å². The van der Waals surface area contributed by atoms with Crippen molar-refractivity contribution in [3.05, 3.63) is 70.3 Å². The van der Waals surface area contributed by atoms with Crippen molar-refractivity contribution in [1.29, 1.82) is 0 Å². The van der Waals surface area contributed by atoms with E-state index in [1.54, 1.807) is 12.1 Å². The lowest BCUT2D eigenvalue weighted by atomic mass is 10.0. The van der Waals surface area contributed by atoms with E-state index in [9.17, 15) is 20.0 Å². The van der Waals surface area contributed by atoms with Crippen molar-refractivity contribution in [2.24, 2.45) is 5.92 Å². The van der Waals surface area contributed by atoms with Crippen molar-refractivity contribution < 1.29 is 24.3 Å². The number of hydrogen-bond acceptors (Lipinski definition) is 8. The molecule has 3 atom stereocenters. The Kier molecular flexibility index (Phi) is 12.5. The molecular formula is C25H35N3O6S. The number of alkyl carbamates (subject to hydrolysis) is 1. The Morgan fingerprint density at radius 1 is 1.20 bits per heavy atom. The molecule has 1 heterocycles. The monoisotopic (exact) mass is 505 g/mol. The van der Waals surface area contributed by atoms with E-state index in [-0.39, 0.29) is 11.8 Å². The molecule has 0 spiro atoms. The largest absolute Gasteiger partial charge is 0.444 e. The van der Waals surface area contributed by atoms with E-state index in [0.29, 0.717) is 32.1 Å². The van der Waals surface area contributed by atoms with Gasteiger partial charge in [0.25, 0.3) is 5.69 Å². The number of benzene rings is 2. The number of aliphatic hydroxyl groups excluding tert-OH is 1. The summed E-state index contributed by atoms with van der Waals surface area (Å²) in [4.78, 5) is 22.5. The fourth-order valence-electron chi connectivity index (χ4n) is 3.33. The zero-order valence-corrected chi connectivity index (χ0v) is 21.0.